The number of rotatable bonds is 9. The summed E-state index contributed by atoms with van der Waals surface area (Å²) in [5.74, 6) is -3.34. The average Bonchev–Trinajstić information content (AvgIpc) is 2.60. The summed E-state index contributed by atoms with van der Waals surface area (Å²) in [5, 5.41) is 12.2. The number of carbonyl (C=O) groups excluding carboxylic acids is 4. The standard InChI is InChI=1S/C19H25NO7/c1-5-26-17(24)19(20-13(4)21,18(25)27-6-2)10-9-16(23)14-11-12(3)7-8-15(14)22/h7-8,11,22H,5-6,9-10H2,1-4H3,(H,20,21). The van der Waals surface area contributed by atoms with Gasteiger partial charge in [-0.15, -0.1) is 0 Å². The minimum Gasteiger partial charge on any atom is -0.507 e. The summed E-state index contributed by atoms with van der Waals surface area (Å²) in [4.78, 5) is 49.2. The van der Waals surface area contributed by atoms with Gasteiger partial charge in [0.05, 0.1) is 18.8 Å². The lowest BCUT2D eigenvalue weighted by Crippen LogP contribution is -2.61. The Hall–Kier alpha value is -2.90. The summed E-state index contributed by atoms with van der Waals surface area (Å²) >= 11 is 0. The van der Waals surface area contributed by atoms with Gasteiger partial charge in [0.25, 0.3) is 0 Å². The van der Waals surface area contributed by atoms with Gasteiger partial charge in [0.1, 0.15) is 5.75 Å². The number of aromatic hydroxyl groups is 1. The monoisotopic (exact) mass is 379 g/mol. The third kappa shape index (κ3) is 5.54. The highest BCUT2D eigenvalue weighted by molar-refractivity contribution is 6.08. The van der Waals surface area contributed by atoms with Crippen molar-refractivity contribution in [3.05, 3.63) is 29.3 Å². The number of phenolic OH excluding ortho intramolecular Hbond substituents is 1. The first-order valence-corrected chi connectivity index (χ1v) is 8.64. The molecule has 27 heavy (non-hydrogen) atoms. The van der Waals surface area contributed by atoms with Crippen LogP contribution >= 0.6 is 0 Å². The zero-order valence-electron chi connectivity index (χ0n) is 16.0. The van der Waals surface area contributed by atoms with Crippen LogP contribution in [0.1, 0.15) is 49.5 Å². The Kier molecular flexibility index (Phi) is 7.96. The van der Waals surface area contributed by atoms with E-state index in [-0.39, 0.29) is 37.4 Å². The zero-order valence-corrected chi connectivity index (χ0v) is 16.0. The number of Topliss-reactive ketones (excluding diaryl/α,β-unsaturated/α-hetero) is 1. The van der Waals surface area contributed by atoms with Gasteiger partial charge in [-0.1, -0.05) is 11.6 Å². The van der Waals surface area contributed by atoms with Gasteiger partial charge in [0, 0.05) is 13.3 Å². The SMILES string of the molecule is CCOC(=O)C(CCC(=O)c1cc(C)ccc1O)(NC(C)=O)C(=O)OCC. The van der Waals surface area contributed by atoms with Crippen molar-refractivity contribution in [3.63, 3.8) is 0 Å². The first-order chi connectivity index (χ1) is 12.7. The minimum atomic E-state index is -2.13. The highest BCUT2D eigenvalue weighted by Gasteiger charge is 2.50. The molecular weight excluding hydrogens is 354 g/mol. The Morgan fingerprint density at radius 2 is 1.63 bits per heavy atom. The smallest absolute Gasteiger partial charge is 0.343 e. The van der Waals surface area contributed by atoms with Crippen LogP contribution in [0.2, 0.25) is 0 Å². The summed E-state index contributed by atoms with van der Waals surface area (Å²) in [7, 11) is 0. The molecule has 0 radical (unpaired) electrons. The number of phenols is 1. The fraction of sp³-hybridized carbons (Fsp3) is 0.474. The van der Waals surface area contributed by atoms with Gasteiger partial charge in [-0.3, -0.25) is 9.59 Å². The fourth-order valence-corrected chi connectivity index (χ4v) is 2.57. The third-order valence-electron chi connectivity index (χ3n) is 3.82. The van der Waals surface area contributed by atoms with Crippen molar-refractivity contribution in [3.8, 4) is 5.75 Å². The fourth-order valence-electron chi connectivity index (χ4n) is 2.57. The van der Waals surface area contributed by atoms with Crippen molar-refractivity contribution >= 4 is 23.6 Å². The van der Waals surface area contributed by atoms with E-state index >= 15 is 0 Å². The van der Waals surface area contributed by atoms with Crippen molar-refractivity contribution in [1.82, 2.24) is 5.32 Å². The molecule has 0 bridgehead atoms. The Bertz CT molecular complexity index is 709. The maximum atomic E-state index is 12.5. The molecule has 0 aliphatic heterocycles. The van der Waals surface area contributed by atoms with E-state index in [2.05, 4.69) is 5.32 Å². The Morgan fingerprint density at radius 1 is 1.07 bits per heavy atom. The first kappa shape index (κ1) is 22.1. The molecule has 1 aromatic carbocycles. The van der Waals surface area contributed by atoms with E-state index in [1.165, 1.54) is 12.1 Å². The number of amides is 1. The maximum Gasteiger partial charge on any atom is 0.343 e. The molecule has 0 saturated carbocycles. The minimum absolute atomic E-state index is 0.0216. The number of ketones is 1. The number of benzene rings is 1. The summed E-state index contributed by atoms with van der Waals surface area (Å²) in [6.07, 6.45) is -0.661. The normalized spacial score (nSPS) is 10.8. The van der Waals surface area contributed by atoms with Crippen molar-refractivity contribution in [1.29, 1.82) is 0 Å². The van der Waals surface area contributed by atoms with E-state index in [4.69, 9.17) is 9.47 Å². The molecule has 8 heteroatoms. The molecule has 0 atom stereocenters. The molecule has 0 spiro atoms. The van der Waals surface area contributed by atoms with Gasteiger partial charge < -0.3 is 19.9 Å². The van der Waals surface area contributed by atoms with Crippen molar-refractivity contribution in [2.24, 2.45) is 0 Å². The van der Waals surface area contributed by atoms with Crippen LogP contribution < -0.4 is 5.32 Å². The van der Waals surface area contributed by atoms with E-state index in [0.29, 0.717) is 0 Å². The lowest BCUT2D eigenvalue weighted by Gasteiger charge is -2.29. The lowest BCUT2D eigenvalue weighted by molar-refractivity contribution is -0.168. The van der Waals surface area contributed by atoms with Crippen LogP contribution in [0.25, 0.3) is 0 Å². The number of ether oxygens (including phenoxy) is 2. The van der Waals surface area contributed by atoms with Crippen LogP contribution in [0.5, 0.6) is 5.75 Å². The maximum absolute atomic E-state index is 12.5. The Morgan fingerprint density at radius 3 is 2.11 bits per heavy atom. The van der Waals surface area contributed by atoms with Gasteiger partial charge in [0.15, 0.2) is 5.78 Å². The Labute approximate surface area is 157 Å². The quantitative estimate of drug-likeness (QED) is 0.380. The number of carbonyl (C=O) groups is 4. The molecule has 1 aromatic rings. The van der Waals surface area contributed by atoms with Gasteiger partial charge in [-0.05, 0) is 39.3 Å². The summed E-state index contributed by atoms with van der Waals surface area (Å²) in [6.45, 7) is 5.96. The van der Waals surface area contributed by atoms with Crippen molar-refractivity contribution < 1.29 is 33.8 Å². The Balaban J connectivity index is 3.19. The molecule has 148 valence electrons. The number of hydrogen-bond acceptors (Lipinski definition) is 7. The average molecular weight is 379 g/mol. The molecule has 0 aliphatic rings. The molecule has 0 unspecified atom stereocenters. The van der Waals surface area contributed by atoms with E-state index in [1.807, 2.05) is 0 Å². The van der Waals surface area contributed by atoms with Crippen LogP contribution in [0.15, 0.2) is 18.2 Å². The van der Waals surface area contributed by atoms with Crippen LogP contribution in [0, 0.1) is 6.92 Å². The number of hydrogen-bond donors (Lipinski definition) is 2. The van der Waals surface area contributed by atoms with E-state index in [1.54, 1.807) is 26.8 Å². The van der Waals surface area contributed by atoms with E-state index in [9.17, 15) is 24.3 Å². The summed E-state index contributed by atoms with van der Waals surface area (Å²) < 4.78 is 9.88. The van der Waals surface area contributed by atoms with Crippen molar-refractivity contribution in [2.45, 2.75) is 46.1 Å². The first-order valence-electron chi connectivity index (χ1n) is 8.64. The molecule has 2 N–H and O–H groups in total. The zero-order chi connectivity index (χ0) is 20.6. The lowest BCUT2D eigenvalue weighted by atomic mass is 9.90. The van der Waals surface area contributed by atoms with Gasteiger partial charge >= 0.3 is 11.9 Å². The highest BCUT2D eigenvalue weighted by atomic mass is 16.6. The predicted octanol–water partition coefficient (Wildman–Crippen LogP) is 1.66. The van der Waals surface area contributed by atoms with Crippen LogP contribution in [-0.2, 0) is 23.9 Å². The number of nitrogens with one attached hydrogen (secondary N) is 1. The molecular formula is C19H25NO7. The van der Waals surface area contributed by atoms with Gasteiger partial charge in [0.2, 0.25) is 11.4 Å². The second-order valence-electron chi connectivity index (χ2n) is 5.97. The highest BCUT2D eigenvalue weighted by Crippen LogP contribution is 2.24. The molecule has 0 saturated heterocycles. The number of aryl methyl sites for hydroxylation is 1. The number of esters is 2. The topological polar surface area (TPSA) is 119 Å². The molecule has 8 nitrogen and oxygen atoms in total. The molecule has 0 fully saturated rings. The van der Waals surface area contributed by atoms with Crippen LogP contribution in [-0.4, -0.2) is 47.5 Å². The third-order valence-corrected chi connectivity index (χ3v) is 3.82. The van der Waals surface area contributed by atoms with Gasteiger partial charge in [-0.2, -0.15) is 0 Å². The second kappa shape index (κ2) is 9.70. The van der Waals surface area contributed by atoms with Crippen LogP contribution in [0.4, 0.5) is 0 Å². The predicted molar refractivity (Wildman–Crippen MR) is 96.2 cm³/mol. The molecule has 1 amide bonds. The van der Waals surface area contributed by atoms with Crippen LogP contribution in [0.3, 0.4) is 0 Å². The van der Waals surface area contributed by atoms with Crippen molar-refractivity contribution in [2.75, 3.05) is 13.2 Å². The summed E-state index contributed by atoms with van der Waals surface area (Å²) in [5.41, 5.74) is -1.30. The summed E-state index contributed by atoms with van der Waals surface area (Å²) in [6, 6.07) is 4.54. The van der Waals surface area contributed by atoms with E-state index in [0.717, 1.165) is 12.5 Å². The molecule has 0 aromatic heterocycles. The molecule has 0 aliphatic carbocycles. The van der Waals surface area contributed by atoms with E-state index < -0.39 is 29.2 Å². The molecule has 1 rings (SSSR count). The van der Waals surface area contributed by atoms with Gasteiger partial charge in [-0.25, -0.2) is 9.59 Å². The molecule has 0 heterocycles. The largest absolute Gasteiger partial charge is 0.507 e. The second-order valence-corrected chi connectivity index (χ2v) is 5.97.